The molecule has 0 heterocycles. The maximum Gasteiger partial charge on any atom is -0.00556 e. The van der Waals surface area contributed by atoms with Gasteiger partial charge in [-0.2, -0.15) is 0 Å². The molecule has 0 aromatic carbocycles. The minimum atomic E-state index is 1.11. The smallest absolute Gasteiger partial charge is 0.00556 e. The van der Waals surface area contributed by atoms with E-state index in [9.17, 15) is 0 Å². The van der Waals surface area contributed by atoms with Crippen molar-refractivity contribution in [3.8, 4) is 0 Å². The summed E-state index contributed by atoms with van der Waals surface area (Å²) in [5, 5.41) is 3.39. The van der Waals surface area contributed by atoms with E-state index in [0.717, 1.165) is 22.0 Å². The van der Waals surface area contributed by atoms with Crippen LogP contribution in [0.2, 0.25) is 0 Å². The summed E-state index contributed by atoms with van der Waals surface area (Å²) < 4.78 is 0. The zero-order valence-corrected chi connectivity index (χ0v) is 5.87. The molecule has 4 heteroatoms. The average Bonchev–Trinajstić information content (AvgIpc) is 1.61. The molecule has 0 aliphatic heterocycles. The zero-order chi connectivity index (χ0) is 4.83. The molecule has 0 aliphatic carbocycles. The fraction of sp³-hybridized carbons (Fsp3) is 0. The minimum Gasteiger partial charge on any atom is -0.0393 e. The summed E-state index contributed by atoms with van der Waals surface area (Å²) in [6.45, 7) is 0. The fourth-order valence-electron chi connectivity index (χ4n) is 0.0420. The van der Waals surface area contributed by atoms with Crippen LogP contribution in [-0.4, -0.2) is 0 Å². The van der Waals surface area contributed by atoms with Gasteiger partial charge in [0.2, 0.25) is 0 Å². The van der Waals surface area contributed by atoms with Crippen molar-refractivity contribution in [2.75, 3.05) is 0 Å². The van der Waals surface area contributed by atoms with Crippen molar-refractivity contribution in [2.24, 2.45) is 0 Å². The molecule has 0 amide bonds. The molecule has 0 aliphatic rings. The molecule has 6 heavy (non-hydrogen) atoms. The van der Waals surface area contributed by atoms with Crippen LogP contribution in [0.4, 0.5) is 0 Å². The molecule has 0 saturated carbocycles. The molecule has 0 radical (unpaired) electrons. The second-order valence-corrected chi connectivity index (χ2v) is 2.42. The molecule has 0 saturated heterocycles. The van der Waals surface area contributed by atoms with Crippen molar-refractivity contribution in [2.45, 2.75) is 0 Å². The maximum absolute atomic E-state index is 5.14. The molecule has 0 unspecified atom stereocenters. The van der Waals surface area contributed by atoms with Crippen molar-refractivity contribution in [1.29, 1.82) is 0 Å². The van der Waals surface area contributed by atoms with Crippen LogP contribution in [0, 0.1) is 0 Å². The van der Waals surface area contributed by atoms with Gasteiger partial charge in [0.15, 0.2) is 0 Å². The summed E-state index contributed by atoms with van der Waals surface area (Å²) in [6, 6.07) is 0. The van der Waals surface area contributed by atoms with Gasteiger partial charge in [-0.25, -0.2) is 0 Å². The molecule has 0 aromatic rings. The average molecular weight is 161 g/mol. The van der Waals surface area contributed by atoms with E-state index in [1.54, 1.807) is 10.8 Å². The topological polar surface area (TPSA) is 0 Å². The Labute approximate surface area is 54.3 Å². The second kappa shape index (κ2) is 6.02. The van der Waals surface area contributed by atoms with Gasteiger partial charge in [0.05, 0.1) is 0 Å². The van der Waals surface area contributed by atoms with Crippen molar-refractivity contribution in [3.05, 3.63) is 10.8 Å². The molecule has 36 valence electrons. The van der Waals surface area contributed by atoms with Crippen LogP contribution in [0.15, 0.2) is 10.8 Å². The number of hydrogen-bond acceptors (Lipinski definition) is 2. The van der Waals surface area contributed by atoms with E-state index >= 15 is 0 Å². The first-order valence-corrected chi connectivity index (χ1v) is 4.53. The third-order valence-corrected chi connectivity index (χ3v) is 1.43. The Hall–Kier alpha value is 1.02. The second-order valence-electron chi connectivity index (χ2n) is 0.450. The maximum atomic E-state index is 5.14. The summed E-state index contributed by atoms with van der Waals surface area (Å²) in [7, 11) is 12.5. The SMILES string of the molecule is ClSC=CSCl. The van der Waals surface area contributed by atoms with Crippen molar-refractivity contribution < 1.29 is 0 Å². The summed E-state index contributed by atoms with van der Waals surface area (Å²) in [5.74, 6) is 0. The highest BCUT2D eigenvalue weighted by atomic mass is 35.7. The van der Waals surface area contributed by atoms with Crippen LogP contribution >= 0.6 is 43.3 Å². The first kappa shape index (κ1) is 7.02. The summed E-state index contributed by atoms with van der Waals surface area (Å²) >= 11 is 0. The Balaban J connectivity index is 2.73. The van der Waals surface area contributed by atoms with Gasteiger partial charge in [-0.3, -0.25) is 0 Å². The lowest BCUT2D eigenvalue weighted by Crippen LogP contribution is -1.26. The van der Waals surface area contributed by atoms with Gasteiger partial charge in [0.1, 0.15) is 0 Å². The predicted molar refractivity (Wildman–Crippen MR) is 36.0 cm³/mol. The Morgan fingerprint density at radius 3 is 1.50 bits per heavy atom. The van der Waals surface area contributed by atoms with Gasteiger partial charge in [-0.05, 0) is 54.1 Å². The predicted octanol–water partition coefficient (Wildman–Crippen LogP) is 3.23. The van der Waals surface area contributed by atoms with Crippen molar-refractivity contribution >= 4 is 43.3 Å². The summed E-state index contributed by atoms with van der Waals surface area (Å²) in [5.41, 5.74) is 0. The number of halogens is 2. The Morgan fingerprint density at radius 2 is 1.33 bits per heavy atom. The molecule has 0 rings (SSSR count). The monoisotopic (exact) mass is 160 g/mol. The lowest BCUT2D eigenvalue weighted by molar-refractivity contribution is 2.59. The van der Waals surface area contributed by atoms with E-state index in [0.29, 0.717) is 0 Å². The lowest BCUT2D eigenvalue weighted by atomic mass is 11.3. The molecule has 0 aromatic heterocycles. The van der Waals surface area contributed by atoms with E-state index in [1.165, 1.54) is 0 Å². The van der Waals surface area contributed by atoms with Crippen LogP contribution in [-0.2, 0) is 0 Å². The van der Waals surface area contributed by atoms with Gasteiger partial charge < -0.3 is 0 Å². The standard InChI is InChI=1S/C2H2Cl2S2/c3-5-1-2-6-4/h1-2H. The van der Waals surface area contributed by atoms with Gasteiger partial charge in [-0.1, -0.05) is 0 Å². The van der Waals surface area contributed by atoms with Crippen LogP contribution in [0.25, 0.3) is 0 Å². The quantitative estimate of drug-likeness (QED) is 0.609. The highest BCUT2D eigenvalue weighted by Crippen LogP contribution is 2.13. The number of rotatable bonds is 2. The molecule has 0 bridgehead atoms. The highest BCUT2D eigenvalue weighted by Gasteiger charge is 1.64. The van der Waals surface area contributed by atoms with Gasteiger partial charge in [-0.15, -0.1) is 0 Å². The molecule has 0 atom stereocenters. The van der Waals surface area contributed by atoms with Crippen LogP contribution in [0.5, 0.6) is 0 Å². The summed E-state index contributed by atoms with van der Waals surface area (Å²) in [4.78, 5) is 0. The largest absolute Gasteiger partial charge is 0.0393 e. The molecular weight excluding hydrogens is 159 g/mol. The van der Waals surface area contributed by atoms with E-state index in [4.69, 9.17) is 21.4 Å². The van der Waals surface area contributed by atoms with E-state index in [1.807, 2.05) is 0 Å². The first-order valence-electron chi connectivity index (χ1n) is 1.11. The third-order valence-electron chi connectivity index (χ3n) is 0.158. The molecule has 0 nitrogen and oxygen atoms in total. The molecule has 0 spiro atoms. The Bertz CT molecular complexity index is 38.8. The van der Waals surface area contributed by atoms with Gasteiger partial charge >= 0.3 is 0 Å². The molecule has 0 fully saturated rings. The third kappa shape index (κ3) is 5.02. The van der Waals surface area contributed by atoms with Crippen LogP contribution < -0.4 is 0 Å². The van der Waals surface area contributed by atoms with E-state index in [2.05, 4.69) is 0 Å². The lowest BCUT2D eigenvalue weighted by Gasteiger charge is -1.68. The Morgan fingerprint density at radius 1 is 1.00 bits per heavy atom. The zero-order valence-electron chi connectivity index (χ0n) is 2.73. The van der Waals surface area contributed by atoms with Crippen molar-refractivity contribution in [3.63, 3.8) is 0 Å². The van der Waals surface area contributed by atoms with Gasteiger partial charge in [0, 0.05) is 0 Å². The van der Waals surface area contributed by atoms with Crippen LogP contribution in [0.1, 0.15) is 0 Å². The molecule has 0 N–H and O–H groups in total. The molecular formula is C2H2Cl2S2. The Kier molecular flexibility index (Phi) is 7.04. The first-order chi connectivity index (χ1) is 2.91. The van der Waals surface area contributed by atoms with E-state index in [-0.39, 0.29) is 0 Å². The fourth-order valence-corrected chi connectivity index (χ4v) is 1.13. The van der Waals surface area contributed by atoms with Gasteiger partial charge in [0.25, 0.3) is 0 Å². The highest BCUT2D eigenvalue weighted by molar-refractivity contribution is 8.26. The minimum absolute atomic E-state index is 1.11. The van der Waals surface area contributed by atoms with Crippen LogP contribution in [0.3, 0.4) is 0 Å². The van der Waals surface area contributed by atoms with E-state index < -0.39 is 0 Å². The number of hydrogen-bond donors (Lipinski definition) is 0. The summed E-state index contributed by atoms with van der Waals surface area (Å²) in [6.07, 6.45) is 0. The van der Waals surface area contributed by atoms with Crippen molar-refractivity contribution in [1.82, 2.24) is 0 Å². The normalized spacial score (nSPS) is 10.3.